The molecule has 0 N–H and O–H groups in total. The smallest absolute Gasteiger partial charge is 0.122 e. The van der Waals surface area contributed by atoms with Crippen LogP contribution in [0.2, 0.25) is 0 Å². The minimum atomic E-state index is 0.798. The maximum atomic E-state index is 6.11. The van der Waals surface area contributed by atoms with Gasteiger partial charge in [0.25, 0.3) is 0 Å². The SMILES string of the molecule is COc1cccc(CCc2ccccc2OCCCN2CCCCC2)c1. The van der Waals surface area contributed by atoms with E-state index in [-0.39, 0.29) is 0 Å². The molecular formula is C23H31NO2. The minimum Gasteiger partial charge on any atom is -0.497 e. The van der Waals surface area contributed by atoms with E-state index in [0.29, 0.717) is 0 Å². The molecule has 1 heterocycles. The van der Waals surface area contributed by atoms with Crippen LogP contribution in [0.15, 0.2) is 48.5 Å². The van der Waals surface area contributed by atoms with Gasteiger partial charge in [-0.3, -0.25) is 0 Å². The van der Waals surface area contributed by atoms with E-state index < -0.39 is 0 Å². The average Bonchev–Trinajstić information content (AvgIpc) is 2.71. The van der Waals surface area contributed by atoms with E-state index in [2.05, 4.69) is 47.4 Å². The fourth-order valence-electron chi connectivity index (χ4n) is 3.61. The lowest BCUT2D eigenvalue weighted by molar-refractivity contribution is 0.204. The second kappa shape index (κ2) is 10.2. The molecule has 1 saturated heterocycles. The lowest BCUT2D eigenvalue weighted by atomic mass is 10.0. The van der Waals surface area contributed by atoms with Gasteiger partial charge in [-0.25, -0.2) is 0 Å². The van der Waals surface area contributed by atoms with E-state index in [4.69, 9.17) is 9.47 Å². The first-order valence-electron chi connectivity index (χ1n) is 9.91. The highest BCUT2D eigenvalue weighted by Gasteiger charge is 2.09. The number of para-hydroxylation sites is 1. The average molecular weight is 354 g/mol. The van der Waals surface area contributed by atoms with Gasteiger partial charge in [0, 0.05) is 6.54 Å². The van der Waals surface area contributed by atoms with Crippen molar-refractivity contribution in [3.8, 4) is 11.5 Å². The first kappa shape index (κ1) is 18.8. The van der Waals surface area contributed by atoms with Gasteiger partial charge < -0.3 is 14.4 Å². The Balaban J connectivity index is 1.47. The number of rotatable bonds is 9. The van der Waals surface area contributed by atoms with Gasteiger partial charge in [-0.2, -0.15) is 0 Å². The Morgan fingerprint density at radius 1 is 0.923 bits per heavy atom. The van der Waals surface area contributed by atoms with Gasteiger partial charge in [-0.1, -0.05) is 36.8 Å². The fraction of sp³-hybridized carbons (Fsp3) is 0.478. The molecule has 0 aliphatic carbocycles. The Morgan fingerprint density at radius 3 is 2.62 bits per heavy atom. The molecule has 0 radical (unpaired) electrons. The molecule has 0 saturated carbocycles. The van der Waals surface area contributed by atoms with Crippen LogP contribution in [-0.2, 0) is 12.8 Å². The molecule has 0 atom stereocenters. The number of piperidine rings is 1. The largest absolute Gasteiger partial charge is 0.497 e. The highest BCUT2D eigenvalue weighted by atomic mass is 16.5. The Morgan fingerprint density at radius 2 is 1.77 bits per heavy atom. The van der Waals surface area contributed by atoms with Gasteiger partial charge in [0.2, 0.25) is 0 Å². The molecule has 0 aromatic heterocycles. The van der Waals surface area contributed by atoms with Crippen molar-refractivity contribution in [1.82, 2.24) is 4.90 Å². The summed E-state index contributed by atoms with van der Waals surface area (Å²) in [6.45, 7) is 4.48. The maximum Gasteiger partial charge on any atom is 0.122 e. The number of likely N-dealkylation sites (tertiary alicyclic amines) is 1. The summed E-state index contributed by atoms with van der Waals surface area (Å²) in [7, 11) is 1.71. The summed E-state index contributed by atoms with van der Waals surface area (Å²) in [5.74, 6) is 1.96. The predicted octanol–water partition coefficient (Wildman–Crippen LogP) is 4.74. The summed E-state index contributed by atoms with van der Waals surface area (Å²) in [4.78, 5) is 2.57. The van der Waals surface area contributed by atoms with Crippen LogP contribution >= 0.6 is 0 Å². The summed E-state index contributed by atoms with van der Waals surface area (Å²) in [5.41, 5.74) is 2.58. The first-order valence-corrected chi connectivity index (χ1v) is 9.91. The van der Waals surface area contributed by atoms with Gasteiger partial charge in [-0.05, 0) is 74.5 Å². The fourth-order valence-corrected chi connectivity index (χ4v) is 3.61. The van der Waals surface area contributed by atoms with Gasteiger partial charge in [0.1, 0.15) is 11.5 Å². The minimum absolute atomic E-state index is 0.798. The molecule has 0 unspecified atom stereocenters. The molecule has 1 fully saturated rings. The summed E-state index contributed by atoms with van der Waals surface area (Å²) < 4.78 is 11.4. The third-order valence-electron chi connectivity index (χ3n) is 5.11. The summed E-state index contributed by atoms with van der Waals surface area (Å²) in [6.07, 6.45) is 7.18. The van der Waals surface area contributed by atoms with Crippen molar-refractivity contribution in [2.45, 2.75) is 38.5 Å². The Hall–Kier alpha value is -2.00. The quantitative estimate of drug-likeness (QED) is 0.608. The molecular weight excluding hydrogens is 322 g/mol. The monoisotopic (exact) mass is 353 g/mol. The highest BCUT2D eigenvalue weighted by molar-refractivity contribution is 5.35. The summed E-state index contributed by atoms with van der Waals surface area (Å²) in [6, 6.07) is 16.8. The number of nitrogens with zero attached hydrogens (tertiary/aromatic N) is 1. The maximum absolute atomic E-state index is 6.11. The van der Waals surface area contributed by atoms with Crippen molar-refractivity contribution < 1.29 is 9.47 Å². The van der Waals surface area contributed by atoms with Crippen LogP contribution in [0.5, 0.6) is 11.5 Å². The van der Waals surface area contributed by atoms with Crippen molar-refractivity contribution in [1.29, 1.82) is 0 Å². The van der Waals surface area contributed by atoms with Crippen LogP contribution in [0.25, 0.3) is 0 Å². The van der Waals surface area contributed by atoms with E-state index in [0.717, 1.165) is 43.9 Å². The van der Waals surface area contributed by atoms with Crippen LogP contribution in [-0.4, -0.2) is 38.3 Å². The highest BCUT2D eigenvalue weighted by Crippen LogP contribution is 2.21. The third-order valence-corrected chi connectivity index (χ3v) is 5.11. The predicted molar refractivity (Wildman–Crippen MR) is 107 cm³/mol. The molecule has 0 bridgehead atoms. The van der Waals surface area contributed by atoms with Crippen LogP contribution in [0.3, 0.4) is 0 Å². The van der Waals surface area contributed by atoms with Gasteiger partial charge in [0.15, 0.2) is 0 Å². The van der Waals surface area contributed by atoms with Crippen molar-refractivity contribution in [3.63, 3.8) is 0 Å². The number of ether oxygens (including phenoxy) is 2. The standard InChI is InChI=1S/C23H31NO2/c1-25-22-11-7-9-20(19-22)13-14-21-10-3-4-12-23(21)26-18-8-17-24-15-5-2-6-16-24/h3-4,7,9-12,19H,2,5-6,8,13-18H2,1H3. The molecule has 26 heavy (non-hydrogen) atoms. The first-order chi connectivity index (χ1) is 12.8. The molecule has 2 aromatic rings. The number of benzene rings is 2. The van der Waals surface area contributed by atoms with E-state index >= 15 is 0 Å². The van der Waals surface area contributed by atoms with Crippen LogP contribution in [0, 0.1) is 0 Å². The second-order valence-corrected chi connectivity index (χ2v) is 7.06. The third kappa shape index (κ3) is 5.77. The Bertz CT molecular complexity index is 665. The number of aryl methyl sites for hydroxylation is 2. The van der Waals surface area contributed by atoms with E-state index in [1.807, 2.05) is 6.07 Å². The molecule has 140 valence electrons. The normalized spacial score (nSPS) is 15.0. The van der Waals surface area contributed by atoms with E-state index in [9.17, 15) is 0 Å². The zero-order valence-electron chi connectivity index (χ0n) is 16.0. The molecule has 2 aromatic carbocycles. The zero-order chi connectivity index (χ0) is 18.0. The Labute approximate surface area is 157 Å². The lowest BCUT2D eigenvalue weighted by Crippen LogP contribution is -2.31. The molecule has 3 rings (SSSR count). The van der Waals surface area contributed by atoms with Crippen molar-refractivity contribution in [2.75, 3.05) is 33.4 Å². The molecule has 1 aliphatic heterocycles. The molecule has 3 nitrogen and oxygen atoms in total. The van der Waals surface area contributed by atoms with Crippen molar-refractivity contribution in [3.05, 3.63) is 59.7 Å². The van der Waals surface area contributed by atoms with Gasteiger partial charge in [0.05, 0.1) is 13.7 Å². The number of methoxy groups -OCH3 is 1. The zero-order valence-corrected chi connectivity index (χ0v) is 16.0. The van der Waals surface area contributed by atoms with Crippen LogP contribution in [0.1, 0.15) is 36.8 Å². The van der Waals surface area contributed by atoms with Gasteiger partial charge in [-0.15, -0.1) is 0 Å². The topological polar surface area (TPSA) is 21.7 Å². The second-order valence-electron chi connectivity index (χ2n) is 7.06. The van der Waals surface area contributed by atoms with E-state index in [1.165, 1.54) is 43.5 Å². The Kier molecular flexibility index (Phi) is 7.38. The molecule has 3 heteroatoms. The van der Waals surface area contributed by atoms with E-state index in [1.54, 1.807) is 7.11 Å². The van der Waals surface area contributed by atoms with Crippen molar-refractivity contribution in [2.24, 2.45) is 0 Å². The molecule has 0 spiro atoms. The number of hydrogen-bond donors (Lipinski definition) is 0. The summed E-state index contributed by atoms with van der Waals surface area (Å²) >= 11 is 0. The summed E-state index contributed by atoms with van der Waals surface area (Å²) in [5, 5.41) is 0. The lowest BCUT2D eigenvalue weighted by Gasteiger charge is -2.26. The molecule has 1 aliphatic rings. The number of hydrogen-bond acceptors (Lipinski definition) is 3. The van der Waals surface area contributed by atoms with Crippen LogP contribution in [0.4, 0.5) is 0 Å². The van der Waals surface area contributed by atoms with Crippen LogP contribution < -0.4 is 9.47 Å². The van der Waals surface area contributed by atoms with Crippen molar-refractivity contribution >= 4 is 0 Å². The van der Waals surface area contributed by atoms with Gasteiger partial charge >= 0.3 is 0 Å². The molecule has 0 amide bonds.